The molecular weight excluding hydrogens is 214 g/mol. The Bertz CT molecular complexity index is 434. The van der Waals surface area contributed by atoms with Crippen LogP contribution in [0, 0.1) is 0 Å². The number of hydrogen-bond donors (Lipinski definition) is 1. The van der Waals surface area contributed by atoms with E-state index in [1.807, 2.05) is 24.3 Å². The summed E-state index contributed by atoms with van der Waals surface area (Å²) in [5.74, 6) is 1.07. The predicted molar refractivity (Wildman–Crippen MR) is 66.9 cm³/mol. The van der Waals surface area contributed by atoms with Crippen molar-refractivity contribution in [2.24, 2.45) is 0 Å². The largest absolute Gasteiger partial charge is 0.497 e. The van der Waals surface area contributed by atoms with E-state index in [1.54, 1.807) is 13.2 Å². The molecule has 0 spiro atoms. The molecule has 2 rings (SSSR count). The molecule has 0 saturated heterocycles. The van der Waals surface area contributed by atoms with Crippen LogP contribution in [0.5, 0.6) is 5.75 Å². The van der Waals surface area contributed by atoms with Crippen LogP contribution >= 0.6 is 0 Å². The first-order valence-electron chi connectivity index (χ1n) is 5.83. The highest BCUT2D eigenvalue weighted by Gasteiger charge is 2.14. The van der Waals surface area contributed by atoms with Crippen molar-refractivity contribution in [3.05, 3.63) is 41.6 Å². The van der Waals surface area contributed by atoms with Gasteiger partial charge in [0.2, 0.25) is 0 Å². The van der Waals surface area contributed by atoms with E-state index in [1.165, 1.54) is 5.56 Å². The van der Waals surface area contributed by atoms with Crippen molar-refractivity contribution >= 4 is 5.78 Å². The van der Waals surface area contributed by atoms with Crippen molar-refractivity contribution in [2.75, 3.05) is 7.11 Å². The summed E-state index contributed by atoms with van der Waals surface area (Å²) < 4.78 is 5.12. The third kappa shape index (κ3) is 2.87. The molecule has 0 aromatic heterocycles. The SMILES string of the molecule is COc1ccc(C(C)NC2=CC(=O)CC2)cc1. The molecule has 1 aromatic carbocycles. The second kappa shape index (κ2) is 5.04. The lowest BCUT2D eigenvalue weighted by atomic mass is 10.1. The van der Waals surface area contributed by atoms with E-state index >= 15 is 0 Å². The highest BCUT2D eigenvalue weighted by atomic mass is 16.5. The topological polar surface area (TPSA) is 38.3 Å². The molecule has 0 fully saturated rings. The molecule has 1 N–H and O–H groups in total. The Morgan fingerprint density at radius 3 is 2.47 bits per heavy atom. The maximum absolute atomic E-state index is 11.1. The molecule has 1 aliphatic carbocycles. The number of benzene rings is 1. The summed E-state index contributed by atoms with van der Waals surface area (Å²) in [7, 11) is 1.66. The first-order chi connectivity index (χ1) is 8.19. The van der Waals surface area contributed by atoms with Gasteiger partial charge in [-0.2, -0.15) is 0 Å². The molecule has 1 unspecified atom stereocenters. The van der Waals surface area contributed by atoms with Gasteiger partial charge in [0.25, 0.3) is 0 Å². The number of methoxy groups -OCH3 is 1. The van der Waals surface area contributed by atoms with Crippen LogP contribution < -0.4 is 10.1 Å². The molecule has 0 heterocycles. The van der Waals surface area contributed by atoms with Crippen molar-refractivity contribution in [1.82, 2.24) is 5.32 Å². The van der Waals surface area contributed by atoms with Crippen LogP contribution in [0.15, 0.2) is 36.0 Å². The molecule has 17 heavy (non-hydrogen) atoms. The molecule has 1 aromatic rings. The third-order valence-electron chi connectivity index (χ3n) is 2.99. The molecule has 0 saturated carbocycles. The highest BCUT2D eigenvalue weighted by Crippen LogP contribution is 2.21. The molecule has 3 heteroatoms. The summed E-state index contributed by atoms with van der Waals surface area (Å²) in [6, 6.07) is 8.17. The molecule has 0 bridgehead atoms. The summed E-state index contributed by atoms with van der Waals surface area (Å²) >= 11 is 0. The number of nitrogens with one attached hydrogen (secondary N) is 1. The van der Waals surface area contributed by atoms with Crippen LogP contribution in [0.3, 0.4) is 0 Å². The predicted octanol–water partition coefficient (Wildman–Crippen LogP) is 2.59. The maximum Gasteiger partial charge on any atom is 0.157 e. The lowest BCUT2D eigenvalue weighted by Gasteiger charge is -2.16. The van der Waals surface area contributed by atoms with Gasteiger partial charge in [0.1, 0.15) is 5.75 Å². The van der Waals surface area contributed by atoms with Gasteiger partial charge in [-0.3, -0.25) is 4.79 Å². The number of hydrogen-bond acceptors (Lipinski definition) is 3. The first-order valence-corrected chi connectivity index (χ1v) is 5.83. The van der Waals surface area contributed by atoms with E-state index < -0.39 is 0 Å². The summed E-state index contributed by atoms with van der Waals surface area (Å²) in [5, 5.41) is 3.36. The minimum absolute atomic E-state index is 0.207. The first kappa shape index (κ1) is 11.7. The fourth-order valence-electron chi connectivity index (χ4n) is 1.96. The summed E-state index contributed by atoms with van der Waals surface area (Å²) in [6.45, 7) is 2.09. The van der Waals surface area contributed by atoms with Crippen LogP contribution in [-0.2, 0) is 4.79 Å². The molecular formula is C14H17NO2. The lowest BCUT2D eigenvalue weighted by Crippen LogP contribution is -2.16. The van der Waals surface area contributed by atoms with Crippen LogP contribution in [0.25, 0.3) is 0 Å². The maximum atomic E-state index is 11.1. The molecule has 3 nitrogen and oxygen atoms in total. The number of ether oxygens (including phenoxy) is 1. The molecule has 0 amide bonds. The normalized spacial score (nSPS) is 16.6. The Balaban J connectivity index is 2.01. The quantitative estimate of drug-likeness (QED) is 0.865. The minimum atomic E-state index is 0.207. The molecule has 0 aliphatic heterocycles. The fourth-order valence-corrected chi connectivity index (χ4v) is 1.96. The Hall–Kier alpha value is -1.77. The van der Waals surface area contributed by atoms with Gasteiger partial charge < -0.3 is 10.1 Å². The number of allylic oxidation sites excluding steroid dienone is 2. The van der Waals surface area contributed by atoms with Crippen molar-refractivity contribution in [3.8, 4) is 5.75 Å². The number of ketones is 1. The van der Waals surface area contributed by atoms with E-state index in [0.29, 0.717) is 6.42 Å². The second-order valence-corrected chi connectivity index (χ2v) is 4.28. The highest BCUT2D eigenvalue weighted by molar-refractivity contribution is 5.92. The van der Waals surface area contributed by atoms with E-state index in [0.717, 1.165) is 17.9 Å². The van der Waals surface area contributed by atoms with Crippen LogP contribution in [-0.4, -0.2) is 12.9 Å². The summed E-state index contributed by atoms with van der Waals surface area (Å²) in [5.41, 5.74) is 2.23. The van der Waals surface area contributed by atoms with Gasteiger partial charge in [-0.15, -0.1) is 0 Å². The summed E-state index contributed by atoms with van der Waals surface area (Å²) in [4.78, 5) is 11.1. The fraction of sp³-hybridized carbons (Fsp3) is 0.357. The van der Waals surface area contributed by atoms with Crippen molar-refractivity contribution in [2.45, 2.75) is 25.8 Å². The zero-order valence-corrected chi connectivity index (χ0v) is 10.2. The zero-order chi connectivity index (χ0) is 12.3. The second-order valence-electron chi connectivity index (χ2n) is 4.28. The standard InChI is InChI=1S/C14H17NO2/c1-10(15-12-5-6-13(16)9-12)11-3-7-14(17-2)8-4-11/h3-4,7-10,15H,5-6H2,1-2H3. The van der Waals surface area contributed by atoms with Gasteiger partial charge in [0.05, 0.1) is 7.11 Å². The molecule has 0 radical (unpaired) electrons. The molecule has 1 atom stereocenters. The number of carbonyl (C=O) groups excluding carboxylic acids is 1. The number of rotatable bonds is 4. The van der Waals surface area contributed by atoms with E-state index in [9.17, 15) is 4.79 Å². The summed E-state index contributed by atoms with van der Waals surface area (Å²) in [6.07, 6.45) is 3.18. The molecule has 1 aliphatic rings. The smallest absolute Gasteiger partial charge is 0.157 e. The Morgan fingerprint density at radius 2 is 1.94 bits per heavy atom. The van der Waals surface area contributed by atoms with Gasteiger partial charge in [-0.25, -0.2) is 0 Å². The third-order valence-corrected chi connectivity index (χ3v) is 2.99. The zero-order valence-electron chi connectivity index (χ0n) is 10.2. The van der Waals surface area contributed by atoms with Crippen LogP contribution in [0.4, 0.5) is 0 Å². The van der Waals surface area contributed by atoms with Crippen molar-refractivity contribution in [3.63, 3.8) is 0 Å². The Kier molecular flexibility index (Phi) is 3.47. The lowest BCUT2D eigenvalue weighted by molar-refractivity contribution is -0.114. The number of carbonyl (C=O) groups is 1. The Morgan fingerprint density at radius 1 is 1.24 bits per heavy atom. The minimum Gasteiger partial charge on any atom is -0.497 e. The Labute approximate surface area is 101 Å². The van der Waals surface area contributed by atoms with E-state index in [2.05, 4.69) is 12.2 Å². The van der Waals surface area contributed by atoms with Crippen molar-refractivity contribution in [1.29, 1.82) is 0 Å². The average Bonchev–Trinajstić information content (AvgIpc) is 2.75. The van der Waals surface area contributed by atoms with Gasteiger partial charge in [-0.1, -0.05) is 12.1 Å². The van der Waals surface area contributed by atoms with E-state index in [-0.39, 0.29) is 11.8 Å². The monoisotopic (exact) mass is 231 g/mol. The average molecular weight is 231 g/mol. The van der Waals surface area contributed by atoms with Gasteiger partial charge in [0, 0.05) is 24.2 Å². The van der Waals surface area contributed by atoms with Crippen LogP contribution in [0.1, 0.15) is 31.4 Å². The van der Waals surface area contributed by atoms with Crippen molar-refractivity contribution < 1.29 is 9.53 Å². The van der Waals surface area contributed by atoms with Crippen LogP contribution in [0.2, 0.25) is 0 Å². The van der Waals surface area contributed by atoms with Gasteiger partial charge in [0.15, 0.2) is 5.78 Å². The van der Waals surface area contributed by atoms with Gasteiger partial charge >= 0.3 is 0 Å². The molecule has 90 valence electrons. The van der Waals surface area contributed by atoms with E-state index in [4.69, 9.17) is 4.74 Å². The van der Waals surface area contributed by atoms with Gasteiger partial charge in [-0.05, 0) is 31.0 Å².